The van der Waals surface area contributed by atoms with E-state index in [4.69, 9.17) is 0 Å². The molecule has 2 atom stereocenters. The maximum absolute atomic E-state index is 12.0. The summed E-state index contributed by atoms with van der Waals surface area (Å²) in [5.74, 6) is -0.507. The van der Waals surface area contributed by atoms with Gasteiger partial charge in [0.2, 0.25) is 11.8 Å². The number of amides is 2. The average Bonchev–Trinajstić information content (AvgIpc) is 3.18. The van der Waals surface area contributed by atoms with E-state index in [9.17, 15) is 9.59 Å². The Morgan fingerprint density at radius 2 is 1.92 bits per heavy atom. The largest absolute Gasteiger partial charge is 0.371 e. The minimum atomic E-state index is -0.189. The summed E-state index contributed by atoms with van der Waals surface area (Å²) >= 11 is 0. The Hall–Kier alpha value is -1.59. The summed E-state index contributed by atoms with van der Waals surface area (Å²) < 4.78 is 0. The second-order valence-corrected chi connectivity index (χ2v) is 7.19. The fourth-order valence-corrected chi connectivity index (χ4v) is 4.23. The summed E-state index contributed by atoms with van der Waals surface area (Å²) in [5.41, 5.74) is 2.71. The van der Waals surface area contributed by atoms with Crippen LogP contribution in [0.25, 0.3) is 0 Å². The highest BCUT2D eigenvalue weighted by molar-refractivity contribution is 6.00. The van der Waals surface area contributed by atoms with E-state index in [1.807, 2.05) is 12.1 Å². The van der Waals surface area contributed by atoms with Crippen molar-refractivity contribution in [3.63, 3.8) is 0 Å². The number of carbonyl (C=O) groups is 2. The number of rotatable bonds is 2. The number of carbonyl (C=O) groups excluding carboxylic acids is 2. The van der Waals surface area contributed by atoms with Crippen molar-refractivity contribution in [3.05, 3.63) is 29.8 Å². The third kappa shape index (κ3) is 3.15. The molecule has 0 aliphatic carbocycles. The maximum Gasteiger partial charge on any atom is 0.234 e. The van der Waals surface area contributed by atoms with Gasteiger partial charge in [0.1, 0.15) is 0 Å². The van der Waals surface area contributed by atoms with E-state index < -0.39 is 0 Å². The first kappa shape index (κ1) is 17.2. The number of halogens is 1. The molecule has 130 valence electrons. The minimum absolute atomic E-state index is 0. The summed E-state index contributed by atoms with van der Waals surface area (Å²) in [4.78, 5) is 25.7. The summed E-state index contributed by atoms with van der Waals surface area (Å²) in [7, 11) is 0. The monoisotopic (exact) mass is 349 g/mol. The number of anilines is 1. The molecule has 4 rings (SSSR count). The standard InChI is InChI=1S/C18H23N3O2.ClH/c22-16-6-5-15(17(23)20-16)13-1-3-14(4-2-13)21-10-8-18(12-21)7-9-19-11-18;/h1-4,15,19H,5-12H2,(H,20,22,23);1H. The lowest BCUT2D eigenvalue weighted by atomic mass is 9.86. The molecule has 0 saturated carbocycles. The van der Waals surface area contributed by atoms with Crippen LogP contribution in [0.2, 0.25) is 0 Å². The molecular formula is C18H24ClN3O2. The molecule has 3 saturated heterocycles. The average molecular weight is 350 g/mol. The van der Waals surface area contributed by atoms with Crippen molar-refractivity contribution in [3.8, 4) is 0 Å². The first-order valence-corrected chi connectivity index (χ1v) is 8.55. The molecule has 0 bridgehead atoms. The van der Waals surface area contributed by atoms with Gasteiger partial charge in [0.05, 0.1) is 5.92 Å². The summed E-state index contributed by atoms with van der Waals surface area (Å²) in [6, 6.07) is 8.35. The Bertz CT molecular complexity index is 626. The van der Waals surface area contributed by atoms with Crippen LogP contribution in [0.15, 0.2) is 24.3 Å². The summed E-state index contributed by atoms with van der Waals surface area (Å²) in [6.45, 7) is 4.51. The van der Waals surface area contributed by atoms with E-state index >= 15 is 0 Å². The van der Waals surface area contributed by atoms with Crippen LogP contribution in [0.5, 0.6) is 0 Å². The molecular weight excluding hydrogens is 326 g/mol. The number of benzene rings is 1. The number of nitrogens with one attached hydrogen (secondary N) is 2. The van der Waals surface area contributed by atoms with Gasteiger partial charge in [-0.2, -0.15) is 0 Å². The third-order valence-corrected chi connectivity index (χ3v) is 5.67. The third-order valence-electron chi connectivity index (χ3n) is 5.67. The maximum atomic E-state index is 12.0. The molecule has 2 unspecified atom stereocenters. The van der Waals surface area contributed by atoms with Crippen molar-refractivity contribution in [1.82, 2.24) is 10.6 Å². The molecule has 2 N–H and O–H groups in total. The van der Waals surface area contributed by atoms with E-state index in [0.717, 1.165) is 31.7 Å². The predicted molar refractivity (Wildman–Crippen MR) is 95.6 cm³/mol. The van der Waals surface area contributed by atoms with Crippen molar-refractivity contribution in [2.24, 2.45) is 5.41 Å². The Balaban J connectivity index is 0.00000169. The van der Waals surface area contributed by atoms with Gasteiger partial charge in [0, 0.05) is 37.2 Å². The van der Waals surface area contributed by atoms with E-state index in [-0.39, 0.29) is 30.1 Å². The molecule has 1 spiro atoms. The van der Waals surface area contributed by atoms with Gasteiger partial charge >= 0.3 is 0 Å². The number of imide groups is 1. The van der Waals surface area contributed by atoms with Crippen LogP contribution in [0.3, 0.4) is 0 Å². The molecule has 3 fully saturated rings. The second-order valence-electron chi connectivity index (χ2n) is 7.19. The normalized spacial score (nSPS) is 29.7. The first-order chi connectivity index (χ1) is 11.2. The van der Waals surface area contributed by atoms with Crippen LogP contribution in [0.4, 0.5) is 5.69 Å². The van der Waals surface area contributed by atoms with Crippen LogP contribution in [0.1, 0.15) is 37.2 Å². The second kappa shape index (κ2) is 6.73. The quantitative estimate of drug-likeness (QED) is 0.799. The lowest BCUT2D eigenvalue weighted by Crippen LogP contribution is -2.39. The molecule has 2 amide bonds. The van der Waals surface area contributed by atoms with E-state index in [1.165, 1.54) is 18.5 Å². The lowest BCUT2D eigenvalue weighted by molar-refractivity contribution is -0.134. The van der Waals surface area contributed by atoms with Crippen LogP contribution in [-0.4, -0.2) is 38.0 Å². The van der Waals surface area contributed by atoms with Crippen molar-refractivity contribution in [2.45, 2.75) is 31.6 Å². The molecule has 1 aromatic rings. The first-order valence-electron chi connectivity index (χ1n) is 8.55. The topological polar surface area (TPSA) is 61.4 Å². The number of piperidine rings is 1. The zero-order valence-electron chi connectivity index (χ0n) is 13.7. The molecule has 1 aromatic carbocycles. The summed E-state index contributed by atoms with van der Waals surface area (Å²) in [5, 5.41) is 5.92. The molecule has 0 aromatic heterocycles. The number of hydrogen-bond acceptors (Lipinski definition) is 4. The highest BCUT2D eigenvalue weighted by atomic mass is 35.5. The smallest absolute Gasteiger partial charge is 0.234 e. The van der Waals surface area contributed by atoms with E-state index in [2.05, 4.69) is 27.7 Å². The zero-order valence-corrected chi connectivity index (χ0v) is 14.5. The number of nitrogens with zero attached hydrogens (tertiary/aromatic N) is 1. The van der Waals surface area contributed by atoms with Gasteiger partial charge in [-0.3, -0.25) is 14.9 Å². The van der Waals surface area contributed by atoms with Crippen LogP contribution >= 0.6 is 12.4 Å². The van der Waals surface area contributed by atoms with Crippen LogP contribution < -0.4 is 15.5 Å². The fraction of sp³-hybridized carbons (Fsp3) is 0.556. The Labute approximate surface area is 148 Å². The Morgan fingerprint density at radius 3 is 2.58 bits per heavy atom. The van der Waals surface area contributed by atoms with Crippen molar-refractivity contribution in [2.75, 3.05) is 31.1 Å². The van der Waals surface area contributed by atoms with Gasteiger partial charge in [-0.05, 0) is 43.5 Å². The van der Waals surface area contributed by atoms with Gasteiger partial charge in [-0.1, -0.05) is 12.1 Å². The minimum Gasteiger partial charge on any atom is -0.371 e. The molecule has 3 heterocycles. The van der Waals surface area contributed by atoms with Gasteiger partial charge in [0.15, 0.2) is 0 Å². The highest BCUT2D eigenvalue weighted by Crippen LogP contribution is 2.38. The lowest BCUT2D eigenvalue weighted by Gasteiger charge is -2.25. The van der Waals surface area contributed by atoms with Gasteiger partial charge in [0.25, 0.3) is 0 Å². The number of hydrogen-bond donors (Lipinski definition) is 2. The van der Waals surface area contributed by atoms with Crippen molar-refractivity contribution >= 4 is 29.9 Å². The zero-order chi connectivity index (χ0) is 15.9. The fourth-order valence-electron chi connectivity index (χ4n) is 4.23. The van der Waals surface area contributed by atoms with Gasteiger partial charge in [-0.15, -0.1) is 12.4 Å². The summed E-state index contributed by atoms with van der Waals surface area (Å²) in [6.07, 6.45) is 3.58. The molecule has 5 nitrogen and oxygen atoms in total. The van der Waals surface area contributed by atoms with E-state index in [1.54, 1.807) is 0 Å². The van der Waals surface area contributed by atoms with Gasteiger partial charge < -0.3 is 10.2 Å². The molecule has 3 aliphatic rings. The van der Waals surface area contributed by atoms with Crippen molar-refractivity contribution < 1.29 is 9.59 Å². The molecule has 6 heteroatoms. The Kier molecular flexibility index (Phi) is 4.83. The Morgan fingerprint density at radius 1 is 1.12 bits per heavy atom. The van der Waals surface area contributed by atoms with Crippen molar-refractivity contribution in [1.29, 1.82) is 0 Å². The SMILES string of the molecule is Cl.O=C1CCC(c2ccc(N3CCC4(CCNC4)C3)cc2)C(=O)N1. The molecule has 24 heavy (non-hydrogen) atoms. The van der Waals surface area contributed by atoms with E-state index in [0.29, 0.717) is 18.3 Å². The van der Waals surface area contributed by atoms with Gasteiger partial charge in [-0.25, -0.2) is 0 Å². The molecule has 3 aliphatic heterocycles. The van der Waals surface area contributed by atoms with Crippen LogP contribution in [-0.2, 0) is 9.59 Å². The highest BCUT2D eigenvalue weighted by Gasteiger charge is 2.40. The van der Waals surface area contributed by atoms with Crippen LogP contribution in [0, 0.1) is 5.41 Å². The molecule has 0 radical (unpaired) electrons. The predicted octanol–water partition coefficient (Wildman–Crippen LogP) is 1.82.